The van der Waals surface area contributed by atoms with Gasteiger partial charge in [-0.2, -0.15) is 0 Å². The lowest BCUT2D eigenvalue weighted by Crippen LogP contribution is -2.51. The van der Waals surface area contributed by atoms with Crippen LogP contribution in [0.2, 0.25) is 0 Å². The normalized spacial score (nSPS) is 24.1. The zero-order valence-electron chi connectivity index (χ0n) is 10.9. The second-order valence-electron chi connectivity index (χ2n) is 5.53. The average molecular weight is 264 g/mol. The summed E-state index contributed by atoms with van der Waals surface area (Å²) in [5, 5.41) is 2.14. The Bertz CT molecular complexity index is 421. The highest BCUT2D eigenvalue weighted by Gasteiger charge is 2.44. The van der Waals surface area contributed by atoms with Crippen LogP contribution in [0, 0.1) is 0 Å². The van der Waals surface area contributed by atoms with E-state index in [4.69, 9.17) is 0 Å². The third-order valence-electron chi connectivity index (χ3n) is 4.64. The molecule has 1 aromatic rings. The SMILES string of the molecule is CN1C(=O)CCC12CCN(Cc1cccs1)CC2. The summed E-state index contributed by atoms with van der Waals surface area (Å²) in [6, 6.07) is 4.33. The minimum atomic E-state index is 0.184. The van der Waals surface area contributed by atoms with Crippen molar-refractivity contribution in [3.05, 3.63) is 22.4 Å². The van der Waals surface area contributed by atoms with Gasteiger partial charge >= 0.3 is 0 Å². The molecule has 3 rings (SSSR count). The number of thiophene rings is 1. The number of carbonyl (C=O) groups is 1. The third-order valence-corrected chi connectivity index (χ3v) is 5.50. The molecule has 0 atom stereocenters. The van der Waals surface area contributed by atoms with Crippen molar-refractivity contribution < 1.29 is 4.79 Å². The predicted octanol–water partition coefficient (Wildman–Crippen LogP) is 2.33. The number of piperidine rings is 1. The summed E-state index contributed by atoms with van der Waals surface area (Å²) in [5.41, 5.74) is 0.184. The van der Waals surface area contributed by atoms with E-state index in [-0.39, 0.29) is 5.54 Å². The van der Waals surface area contributed by atoms with E-state index in [1.807, 2.05) is 23.3 Å². The Balaban J connectivity index is 1.60. The van der Waals surface area contributed by atoms with Gasteiger partial charge in [-0.15, -0.1) is 11.3 Å². The van der Waals surface area contributed by atoms with E-state index in [1.165, 1.54) is 4.88 Å². The molecular weight excluding hydrogens is 244 g/mol. The van der Waals surface area contributed by atoms with Gasteiger partial charge in [0.25, 0.3) is 0 Å². The van der Waals surface area contributed by atoms with Crippen LogP contribution in [0.25, 0.3) is 0 Å². The van der Waals surface area contributed by atoms with Crippen LogP contribution in [0.5, 0.6) is 0 Å². The monoisotopic (exact) mass is 264 g/mol. The number of nitrogens with zero attached hydrogens (tertiary/aromatic N) is 2. The van der Waals surface area contributed by atoms with Gasteiger partial charge in [0.2, 0.25) is 5.91 Å². The Morgan fingerprint density at radius 1 is 1.33 bits per heavy atom. The highest BCUT2D eigenvalue weighted by molar-refractivity contribution is 7.09. The van der Waals surface area contributed by atoms with Crippen molar-refractivity contribution in [1.82, 2.24) is 9.80 Å². The summed E-state index contributed by atoms with van der Waals surface area (Å²) >= 11 is 1.84. The molecule has 2 aliphatic rings. The summed E-state index contributed by atoms with van der Waals surface area (Å²) < 4.78 is 0. The molecule has 0 N–H and O–H groups in total. The van der Waals surface area contributed by atoms with Crippen LogP contribution < -0.4 is 0 Å². The number of hydrogen-bond acceptors (Lipinski definition) is 3. The third kappa shape index (κ3) is 2.08. The van der Waals surface area contributed by atoms with E-state index in [0.717, 1.165) is 45.3 Å². The first-order valence-electron chi connectivity index (χ1n) is 6.71. The summed E-state index contributed by atoms with van der Waals surface area (Å²) in [7, 11) is 1.99. The minimum Gasteiger partial charge on any atom is -0.340 e. The Kier molecular flexibility index (Phi) is 3.16. The lowest BCUT2D eigenvalue weighted by Gasteiger charge is -2.43. The average Bonchev–Trinajstić information content (AvgIpc) is 2.98. The number of amides is 1. The molecule has 4 heteroatoms. The van der Waals surface area contributed by atoms with Gasteiger partial charge in [-0.25, -0.2) is 0 Å². The smallest absolute Gasteiger partial charge is 0.222 e. The second-order valence-corrected chi connectivity index (χ2v) is 6.56. The van der Waals surface area contributed by atoms with E-state index < -0.39 is 0 Å². The molecule has 2 saturated heterocycles. The Morgan fingerprint density at radius 2 is 2.11 bits per heavy atom. The van der Waals surface area contributed by atoms with E-state index in [9.17, 15) is 4.79 Å². The molecule has 1 amide bonds. The quantitative estimate of drug-likeness (QED) is 0.818. The van der Waals surface area contributed by atoms with Crippen molar-refractivity contribution in [2.45, 2.75) is 37.8 Å². The lowest BCUT2D eigenvalue weighted by molar-refractivity contribution is -0.130. The molecule has 1 aromatic heterocycles. The van der Waals surface area contributed by atoms with Gasteiger partial charge in [0, 0.05) is 43.5 Å². The van der Waals surface area contributed by atoms with Crippen molar-refractivity contribution in [1.29, 1.82) is 0 Å². The van der Waals surface area contributed by atoms with E-state index in [0.29, 0.717) is 5.91 Å². The van der Waals surface area contributed by atoms with Crippen molar-refractivity contribution in [3.8, 4) is 0 Å². The first kappa shape index (κ1) is 12.2. The van der Waals surface area contributed by atoms with Gasteiger partial charge in [0.05, 0.1) is 0 Å². The Labute approximate surface area is 112 Å². The van der Waals surface area contributed by atoms with Crippen LogP contribution in [0.1, 0.15) is 30.6 Å². The van der Waals surface area contributed by atoms with E-state index in [2.05, 4.69) is 22.4 Å². The molecule has 0 unspecified atom stereocenters. The highest BCUT2D eigenvalue weighted by Crippen LogP contribution is 2.38. The molecule has 2 aliphatic heterocycles. The highest BCUT2D eigenvalue weighted by atomic mass is 32.1. The zero-order valence-corrected chi connectivity index (χ0v) is 11.7. The van der Waals surface area contributed by atoms with Crippen LogP contribution in [0.3, 0.4) is 0 Å². The molecule has 3 heterocycles. The van der Waals surface area contributed by atoms with E-state index in [1.54, 1.807) is 0 Å². The Hall–Kier alpha value is -0.870. The van der Waals surface area contributed by atoms with E-state index >= 15 is 0 Å². The van der Waals surface area contributed by atoms with Gasteiger partial charge in [0.1, 0.15) is 0 Å². The second kappa shape index (κ2) is 4.67. The fraction of sp³-hybridized carbons (Fsp3) is 0.643. The van der Waals surface area contributed by atoms with Gasteiger partial charge in [0.15, 0.2) is 0 Å². The zero-order chi connectivity index (χ0) is 12.6. The first-order chi connectivity index (χ1) is 8.70. The van der Waals surface area contributed by atoms with Crippen molar-refractivity contribution in [2.24, 2.45) is 0 Å². The largest absolute Gasteiger partial charge is 0.340 e. The Morgan fingerprint density at radius 3 is 2.67 bits per heavy atom. The van der Waals surface area contributed by atoms with Crippen LogP contribution >= 0.6 is 11.3 Å². The van der Waals surface area contributed by atoms with Crippen molar-refractivity contribution in [3.63, 3.8) is 0 Å². The van der Waals surface area contributed by atoms with Gasteiger partial charge < -0.3 is 4.90 Å². The molecule has 18 heavy (non-hydrogen) atoms. The molecule has 0 saturated carbocycles. The van der Waals surface area contributed by atoms with Gasteiger partial charge in [-0.05, 0) is 30.7 Å². The summed E-state index contributed by atoms with van der Waals surface area (Å²) in [6.45, 7) is 3.32. The molecule has 2 fully saturated rings. The predicted molar refractivity (Wildman–Crippen MR) is 73.6 cm³/mol. The number of likely N-dealkylation sites (tertiary alicyclic amines) is 2. The maximum absolute atomic E-state index is 11.7. The lowest BCUT2D eigenvalue weighted by atomic mass is 9.85. The molecular formula is C14H20N2OS. The van der Waals surface area contributed by atoms with Gasteiger partial charge in [-0.3, -0.25) is 9.69 Å². The molecule has 0 aromatic carbocycles. The first-order valence-corrected chi connectivity index (χ1v) is 7.59. The fourth-order valence-corrected chi connectivity index (χ4v) is 4.02. The summed E-state index contributed by atoms with van der Waals surface area (Å²) in [6.07, 6.45) is 4.10. The molecule has 0 bridgehead atoms. The standard InChI is InChI=1S/C14H20N2OS/c1-15-13(17)4-5-14(15)6-8-16(9-7-14)11-12-3-2-10-18-12/h2-3,10H,4-9,11H2,1H3. The molecule has 98 valence electrons. The number of carbonyl (C=O) groups excluding carboxylic acids is 1. The molecule has 0 aliphatic carbocycles. The van der Waals surface area contributed by atoms with Crippen LogP contribution in [-0.4, -0.2) is 41.4 Å². The maximum Gasteiger partial charge on any atom is 0.222 e. The minimum absolute atomic E-state index is 0.184. The maximum atomic E-state index is 11.7. The number of hydrogen-bond donors (Lipinski definition) is 0. The topological polar surface area (TPSA) is 23.6 Å². The molecule has 1 spiro atoms. The van der Waals surface area contributed by atoms with Gasteiger partial charge in [-0.1, -0.05) is 6.07 Å². The molecule has 0 radical (unpaired) electrons. The summed E-state index contributed by atoms with van der Waals surface area (Å²) in [5.74, 6) is 0.335. The van der Waals surface area contributed by atoms with Crippen LogP contribution in [0.15, 0.2) is 17.5 Å². The van der Waals surface area contributed by atoms with Crippen LogP contribution in [0.4, 0.5) is 0 Å². The summed E-state index contributed by atoms with van der Waals surface area (Å²) in [4.78, 5) is 17.7. The van der Waals surface area contributed by atoms with Crippen LogP contribution in [-0.2, 0) is 11.3 Å². The van der Waals surface area contributed by atoms with Crippen molar-refractivity contribution >= 4 is 17.2 Å². The van der Waals surface area contributed by atoms with Crippen molar-refractivity contribution in [2.75, 3.05) is 20.1 Å². The fourth-order valence-electron chi connectivity index (χ4n) is 3.28. The number of rotatable bonds is 2. The molecule has 3 nitrogen and oxygen atoms in total.